The molecular formula is C16H20N2O. The lowest BCUT2D eigenvalue weighted by molar-refractivity contribution is 0.404. The second-order valence-electron chi connectivity index (χ2n) is 4.84. The largest absolute Gasteiger partial charge is 0.496 e. The van der Waals surface area contributed by atoms with Crippen molar-refractivity contribution in [3.05, 3.63) is 58.4 Å². The minimum absolute atomic E-state index is 0.198. The van der Waals surface area contributed by atoms with Crippen LogP contribution in [0.15, 0.2) is 30.5 Å². The van der Waals surface area contributed by atoms with Gasteiger partial charge in [0.1, 0.15) is 5.75 Å². The molecular weight excluding hydrogens is 236 g/mol. The lowest BCUT2D eigenvalue weighted by atomic mass is 9.95. The van der Waals surface area contributed by atoms with Gasteiger partial charge in [-0.25, -0.2) is 0 Å². The number of pyridine rings is 1. The number of hydrogen-bond donors (Lipinski definition) is 1. The molecule has 100 valence electrons. The molecule has 0 saturated heterocycles. The molecule has 19 heavy (non-hydrogen) atoms. The van der Waals surface area contributed by atoms with Gasteiger partial charge in [0, 0.05) is 17.5 Å². The average molecular weight is 256 g/mol. The molecule has 1 unspecified atom stereocenters. The Labute approximate surface area is 114 Å². The van der Waals surface area contributed by atoms with Crippen LogP contribution in [0.5, 0.6) is 5.75 Å². The van der Waals surface area contributed by atoms with E-state index < -0.39 is 0 Å². The van der Waals surface area contributed by atoms with Crippen LogP contribution in [0.3, 0.4) is 0 Å². The number of rotatable bonds is 3. The fourth-order valence-electron chi connectivity index (χ4n) is 2.27. The Bertz CT molecular complexity index is 593. The van der Waals surface area contributed by atoms with Crippen LogP contribution >= 0.6 is 0 Å². The lowest BCUT2D eigenvalue weighted by Gasteiger charge is -2.19. The Kier molecular flexibility index (Phi) is 3.86. The van der Waals surface area contributed by atoms with Crippen molar-refractivity contribution in [2.75, 3.05) is 7.11 Å². The zero-order valence-corrected chi connectivity index (χ0v) is 11.9. The highest BCUT2D eigenvalue weighted by Crippen LogP contribution is 2.32. The maximum Gasteiger partial charge on any atom is 0.127 e. The summed E-state index contributed by atoms with van der Waals surface area (Å²) < 4.78 is 5.53. The Morgan fingerprint density at radius 3 is 2.53 bits per heavy atom. The van der Waals surface area contributed by atoms with Crippen molar-refractivity contribution in [2.24, 2.45) is 5.73 Å². The maximum atomic E-state index is 6.37. The Balaban J connectivity index is 2.50. The van der Waals surface area contributed by atoms with Gasteiger partial charge in [-0.3, -0.25) is 4.98 Å². The minimum atomic E-state index is -0.198. The Morgan fingerprint density at radius 2 is 1.89 bits per heavy atom. The minimum Gasteiger partial charge on any atom is -0.496 e. The highest BCUT2D eigenvalue weighted by atomic mass is 16.5. The first-order valence-electron chi connectivity index (χ1n) is 6.36. The number of nitrogens with zero attached hydrogens (tertiary/aromatic N) is 1. The smallest absolute Gasteiger partial charge is 0.127 e. The summed E-state index contributed by atoms with van der Waals surface area (Å²) in [7, 11) is 1.69. The lowest BCUT2D eigenvalue weighted by Crippen LogP contribution is -2.14. The fraction of sp³-hybridized carbons (Fsp3) is 0.312. The molecule has 0 amide bonds. The number of aryl methyl sites for hydroxylation is 2. The SMILES string of the molecule is COc1c(C(N)c2ccnc(C)c2)ccc(C)c1C. The Hall–Kier alpha value is -1.87. The predicted octanol–water partition coefficient (Wildman–Crippen LogP) is 3.06. The quantitative estimate of drug-likeness (QED) is 0.918. The van der Waals surface area contributed by atoms with E-state index >= 15 is 0 Å². The van der Waals surface area contributed by atoms with Crippen LogP contribution in [0.1, 0.15) is 34.0 Å². The van der Waals surface area contributed by atoms with Crippen molar-refractivity contribution in [1.82, 2.24) is 4.98 Å². The van der Waals surface area contributed by atoms with Crippen LogP contribution in [0.25, 0.3) is 0 Å². The highest BCUT2D eigenvalue weighted by molar-refractivity contribution is 5.49. The van der Waals surface area contributed by atoms with Crippen molar-refractivity contribution in [2.45, 2.75) is 26.8 Å². The number of nitrogens with two attached hydrogens (primary N) is 1. The van der Waals surface area contributed by atoms with Gasteiger partial charge in [0.15, 0.2) is 0 Å². The van der Waals surface area contributed by atoms with Gasteiger partial charge < -0.3 is 10.5 Å². The third kappa shape index (κ3) is 2.61. The van der Waals surface area contributed by atoms with Crippen molar-refractivity contribution in [1.29, 1.82) is 0 Å². The van der Waals surface area contributed by atoms with E-state index in [1.54, 1.807) is 13.3 Å². The molecule has 2 N–H and O–H groups in total. The van der Waals surface area contributed by atoms with Crippen LogP contribution in [-0.2, 0) is 0 Å². The van der Waals surface area contributed by atoms with E-state index in [-0.39, 0.29) is 6.04 Å². The molecule has 0 saturated carbocycles. The molecule has 2 rings (SSSR count). The average Bonchev–Trinajstić information content (AvgIpc) is 2.41. The number of ether oxygens (including phenoxy) is 1. The van der Waals surface area contributed by atoms with Gasteiger partial charge in [0.05, 0.1) is 13.2 Å². The zero-order valence-electron chi connectivity index (χ0n) is 11.9. The number of hydrogen-bond acceptors (Lipinski definition) is 3. The van der Waals surface area contributed by atoms with Crippen molar-refractivity contribution >= 4 is 0 Å². The van der Waals surface area contributed by atoms with E-state index in [4.69, 9.17) is 10.5 Å². The maximum absolute atomic E-state index is 6.37. The summed E-state index contributed by atoms with van der Waals surface area (Å²) in [6.07, 6.45) is 1.79. The monoisotopic (exact) mass is 256 g/mol. The molecule has 3 nitrogen and oxygen atoms in total. The van der Waals surface area contributed by atoms with Crippen LogP contribution in [0.2, 0.25) is 0 Å². The normalized spacial score (nSPS) is 12.3. The second kappa shape index (κ2) is 5.41. The molecule has 3 heteroatoms. The first-order valence-corrected chi connectivity index (χ1v) is 6.36. The molecule has 0 bridgehead atoms. The standard InChI is InChI=1S/C16H20N2O/c1-10-5-6-14(16(19-4)12(10)3)15(17)13-7-8-18-11(2)9-13/h5-9,15H,17H2,1-4H3. The van der Waals surface area contributed by atoms with Crippen molar-refractivity contribution in [3.8, 4) is 5.75 Å². The number of benzene rings is 1. The van der Waals surface area contributed by atoms with Crippen LogP contribution in [-0.4, -0.2) is 12.1 Å². The van der Waals surface area contributed by atoms with E-state index in [1.807, 2.05) is 25.1 Å². The van der Waals surface area contributed by atoms with Gasteiger partial charge in [-0.15, -0.1) is 0 Å². The third-order valence-corrected chi connectivity index (χ3v) is 3.53. The molecule has 0 aliphatic heterocycles. The molecule has 2 aromatic rings. The summed E-state index contributed by atoms with van der Waals surface area (Å²) in [5.41, 5.74) is 11.7. The molecule has 0 aliphatic carbocycles. The summed E-state index contributed by atoms with van der Waals surface area (Å²) in [6, 6.07) is 7.89. The first-order chi connectivity index (χ1) is 9.04. The molecule has 0 spiro atoms. The van der Waals surface area contributed by atoms with Crippen LogP contribution < -0.4 is 10.5 Å². The third-order valence-electron chi connectivity index (χ3n) is 3.53. The van der Waals surface area contributed by atoms with Crippen molar-refractivity contribution < 1.29 is 4.74 Å². The number of methoxy groups -OCH3 is 1. The number of aromatic nitrogens is 1. The molecule has 1 aromatic heterocycles. The summed E-state index contributed by atoms with van der Waals surface area (Å²) in [5, 5.41) is 0. The summed E-state index contributed by atoms with van der Waals surface area (Å²) in [4.78, 5) is 4.20. The van der Waals surface area contributed by atoms with E-state index in [2.05, 4.69) is 24.9 Å². The van der Waals surface area contributed by atoms with Crippen molar-refractivity contribution in [3.63, 3.8) is 0 Å². The molecule has 1 aromatic carbocycles. The summed E-state index contributed by atoms with van der Waals surface area (Å²) >= 11 is 0. The van der Waals surface area contributed by atoms with Gasteiger partial charge >= 0.3 is 0 Å². The van der Waals surface area contributed by atoms with E-state index in [0.717, 1.165) is 28.1 Å². The second-order valence-corrected chi connectivity index (χ2v) is 4.84. The van der Waals surface area contributed by atoms with Gasteiger partial charge in [-0.1, -0.05) is 12.1 Å². The molecule has 0 radical (unpaired) electrons. The predicted molar refractivity (Wildman–Crippen MR) is 77.5 cm³/mol. The summed E-state index contributed by atoms with van der Waals surface area (Å²) in [6.45, 7) is 6.10. The van der Waals surface area contributed by atoms with Crippen LogP contribution in [0, 0.1) is 20.8 Å². The van der Waals surface area contributed by atoms with Gasteiger partial charge in [0.2, 0.25) is 0 Å². The summed E-state index contributed by atoms with van der Waals surface area (Å²) in [5.74, 6) is 0.877. The van der Waals surface area contributed by atoms with Crippen LogP contribution in [0.4, 0.5) is 0 Å². The molecule has 0 fully saturated rings. The zero-order chi connectivity index (χ0) is 14.0. The molecule has 0 aliphatic rings. The Morgan fingerprint density at radius 1 is 1.16 bits per heavy atom. The fourth-order valence-corrected chi connectivity index (χ4v) is 2.27. The molecule has 1 atom stereocenters. The van der Waals surface area contributed by atoms with Gasteiger partial charge in [-0.2, -0.15) is 0 Å². The first kappa shape index (κ1) is 13.6. The highest BCUT2D eigenvalue weighted by Gasteiger charge is 2.16. The van der Waals surface area contributed by atoms with E-state index in [0.29, 0.717) is 0 Å². The van der Waals surface area contributed by atoms with E-state index in [9.17, 15) is 0 Å². The van der Waals surface area contributed by atoms with Gasteiger partial charge in [0.25, 0.3) is 0 Å². The molecule has 1 heterocycles. The van der Waals surface area contributed by atoms with E-state index in [1.165, 1.54) is 5.56 Å². The van der Waals surface area contributed by atoms with Gasteiger partial charge in [-0.05, 0) is 49.6 Å². The topological polar surface area (TPSA) is 48.1 Å².